The molecule has 17 heavy (non-hydrogen) atoms. The lowest BCUT2D eigenvalue weighted by Crippen LogP contribution is -2.53. The van der Waals surface area contributed by atoms with Crippen molar-refractivity contribution in [2.24, 2.45) is 5.92 Å². The van der Waals surface area contributed by atoms with E-state index in [9.17, 15) is 4.79 Å². The Labute approximate surface area is 100 Å². The average Bonchev–Trinajstić information content (AvgIpc) is 2.39. The van der Waals surface area contributed by atoms with E-state index >= 15 is 0 Å². The summed E-state index contributed by atoms with van der Waals surface area (Å²) in [5, 5.41) is 3.57. The average molecular weight is 234 g/mol. The van der Waals surface area contributed by atoms with Crippen LogP contribution in [0.5, 0.6) is 0 Å². The Kier molecular flexibility index (Phi) is 2.84. The van der Waals surface area contributed by atoms with Crippen molar-refractivity contribution >= 4 is 5.82 Å². The summed E-state index contributed by atoms with van der Waals surface area (Å²) >= 11 is 0. The van der Waals surface area contributed by atoms with Crippen molar-refractivity contribution in [3.8, 4) is 0 Å². The first kappa shape index (κ1) is 10.8. The second-order valence-corrected chi connectivity index (χ2v) is 4.94. The van der Waals surface area contributed by atoms with Gasteiger partial charge >= 0.3 is 0 Å². The topological polar surface area (TPSA) is 61.0 Å². The van der Waals surface area contributed by atoms with Crippen molar-refractivity contribution < 1.29 is 0 Å². The number of hydrogen-bond donors (Lipinski definition) is 2. The molecule has 92 valence electrons. The predicted molar refractivity (Wildman–Crippen MR) is 66.2 cm³/mol. The standard InChI is InChI=1S/C12H18N4O/c17-12-11(14-5-6-15-12)16-7-3-10-9(8-16)2-1-4-13-10/h5-6,9-10,13H,1-4,7-8H2,(H,15,17). The molecule has 1 aromatic heterocycles. The van der Waals surface area contributed by atoms with E-state index in [1.807, 2.05) is 0 Å². The number of aromatic nitrogens is 2. The maximum Gasteiger partial charge on any atom is 0.290 e. The molecule has 5 heteroatoms. The predicted octanol–water partition coefficient (Wildman–Crippen LogP) is 0.348. The van der Waals surface area contributed by atoms with Gasteiger partial charge in [-0.15, -0.1) is 0 Å². The Balaban J connectivity index is 1.78. The zero-order chi connectivity index (χ0) is 11.7. The maximum absolute atomic E-state index is 11.7. The van der Waals surface area contributed by atoms with Gasteiger partial charge in [-0.3, -0.25) is 4.79 Å². The number of hydrogen-bond acceptors (Lipinski definition) is 4. The Morgan fingerprint density at radius 1 is 1.41 bits per heavy atom. The van der Waals surface area contributed by atoms with Crippen LogP contribution in [0.1, 0.15) is 19.3 Å². The summed E-state index contributed by atoms with van der Waals surface area (Å²) in [6.07, 6.45) is 6.86. The van der Waals surface area contributed by atoms with E-state index in [-0.39, 0.29) is 5.56 Å². The van der Waals surface area contributed by atoms with E-state index in [0.29, 0.717) is 17.8 Å². The molecule has 2 aliphatic heterocycles. The number of anilines is 1. The molecule has 0 radical (unpaired) electrons. The van der Waals surface area contributed by atoms with Crippen LogP contribution in [0.3, 0.4) is 0 Å². The van der Waals surface area contributed by atoms with Gasteiger partial charge in [0.15, 0.2) is 5.82 Å². The fourth-order valence-corrected chi connectivity index (χ4v) is 3.01. The third-order valence-electron chi connectivity index (χ3n) is 3.88. The first-order valence-electron chi connectivity index (χ1n) is 6.36. The largest absolute Gasteiger partial charge is 0.352 e. The van der Waals surface area contributed by atoms with Crippen LogP contribution >= 0.6 is 0 Å². The minimum Gasteiger partial charge on any atom is -0.352 e. The summed E-state index contributed by atoms with van der Waals surface area (Å²) in [6, 6.07) is 0.641. The smallest absolute Gasteiger partial charge is 0.290 e. The van der Waals surface area contributed by atoms with Crippen molar-refractivity contribution in [3.05, 3.63) is 22.7 Å². The number of nitrogens with one attached hydrogen (secondary N) is 2. The van der Waals surface area contributed by atoms with Crippen molar-refractivity contribution in [1.82, 2.24) is 15.3 Å². The van der Waals surface area contributed by atoms with Gasteiger partial charge < -0.3 is 15.2 Å². The highest BCUT2D eigenvalue weighted by Crippen LogP contribution is 2.26. The fraction of sp³-hybridized carbons (Fsp3) is 0.667. The molecule has 0 aromatic carbocycles. The molecule has 0 bridgehead atoms. The first-order valence-corrected chi connectivity index (χ1v) is 6.36. The lowest BCUT2D eigenvalue weighted by atomic mass is 9.85. The highest BCUT2D eigenvalue weighted by molar-refractivity contribution is 5.36. The summed E-state index contributed by atoms with van der Waals surface area (Å²) in [5.41, 5.74) is -0.0743. The molecular formula is C12H18N4O. The van der Waals surface area contributed by atoms with E-state index in [0.717, 1.165) is 26.1 Å². The number of piperidine rings is 2. The molecule has 2 unspecified atom stereocenters. The lowest BCUT2D eigenvalue weighted by Gasteiger charge is -2.41. The Morgan fingerprint density at radius 2 is 2.35 bits per heavy atom. The monoisotopic (exact) mass is 234 g/mol. The zero-order valence-corrected chi connectivity index (χ0v) is 9.85. The number of aromatic amines is 1. The second-order valence-electron chi connectivity index (χ2n) is 4.94. The van der Waals surface area contributed by atoms with Crippen LogP contribution in [0.2, 0.25) is 0 Å². The van der Waals surface area contributed by atoms with Gasteiger partial charge in [0.25, 0.3) is 5.56 Å². The quantitative estimate of drug-likeness (QED) is 0.736. The summed E-state index contributed by atoms with van der Waals surface area (Å²) in [7, 11) is 0. The van der Waals surface area contributed by atoms with Crippen molar-refractivity contribution in [3.63, 3.8) is 0 Å². The molecule has 1 aromatic rings. The van der Waals surface area contributed by atoms with Crippen LogP contribution in [0.15, 0.2) is 17.2 Å². The van der Waals surface area contributed by atoms with E-state index in [1.165, 1.54) is 12.8 Å². The molecular weight excluding hydrogens is 216 g/mol. The summed E-state index contributed by atoms with van der Waals surface area (Å²) in [5.74, 6) is 1.25. The van der Waals surface area contributed by atoms with Gasteiger partial charge in [0.2, 0.25) is 0 Å². The molecule has 0 aliphatic carbocycles. The maximum atomic E-state index is 11.7. The Hall–Kier alpha value is -1.36. The van der Waals surface area contributed by atoms with Crippen LogP contribution in [-0.2, 0) is 0 Å². The van der Waals surface area contributed by atoms with Gasteiger partial charge in [-0.1, -0.05) is 0 Å². The van der Waals surface area contributed by atoms with Crippen molar-refractivity contribution in [2.75, 3.05) is 24.5 Å². The molecule has 2 aliphatic rings. The van der Waals surface area contributed by atoms with Crippen LogP contribution in [0.25, 0.3) is 0 Å². The van der Waals surface area contributed by atoms with Gasteiger partial charge in [-0.25, -0.2) is 4.98 Å². The molecule has 2 atom stereocenters. The third-order valence-corrected chi connectivity index (χ3v) is 3.88. The third kappa shape index (κ3) is 2.07. The highest BCUT2D eigenvalue weighted by Gasteiger charge is 2.31. The Morgan fingerprint density at radius 3 is 3.24 bits per heavy atom. The molecule has 0 saturated carbocycles. The van der Waals surface area contributed by atoms with Gasteiger partial charge in [0.1, 0.15) is 0 Å². The summed E-state index contributed by atoms with van der Waals surface area (Å²) < 4.78 is 0. The summed E-state index contributed by atoms with van der Waals surface area (Å²) in [6.45, 7) is 3.03. The van der Waals surface area contributed by atoms with Crippen LogP contribution in [-0.4, -0.2) is 35.6 Å². The normalized spacial score (nSPS) is 28.8. The number of nitrogens with zero attached hydrogens (tertiary/aromatic N) is 2. The second kappa shape index (κ2) is 4.49. The summed E-state index contributed by atoms with van der Waals surface area (Å²) in [4.78, 5) is 20.7. The molecule has 0 spiro atoms. The van der Waals surface area contributed by atoms with Gasteiger partial charge in [-0.05, 0) is 31.7 Å². The van der Waals surface area contributed by atoms with Gasteiger partial charge in [0.05, 0.1) is 0 Å². The van der Waals surface area contributed by atoms with E-state index in [1.54, 1.807) is 12.4 Å². The minimum absolute atomic E-state index is 0.0743. The minimum atomic E-state index is -0.0743. The molecule has 2 saturated heterocycles. The van der Waals surface area contributed by atoms with Crippen molar-refractivity contribution in [1.29, 1.82) is 0 Å². The lowest BCUT2D eigenvalue weighted by molar-refractivity contribution is 0.243. The van der Waals surface area contributed by atoms with Gasteiger partial charge in [0, 0.05) is 31.5 Å². The molecule has 5 nitrogen and oxygen atoms in total. The molecule has 0 amide bonds. The molecule has 3 heterocycles. The number of H-pyrrole nitrogens is 1. The van der Waals surface area contributed by atoms with E-state index in [2.05, 4.69) is 20.2 Å². The molecule has 2 N–H and O–H groups in total. The van der Waals surface area contributed by atoms with E-state index in [4.69, 9.17) is 0 Å². The van der Waals surface area contributed by atoms with Gasteiger partial charge in [-0.2, -0.15) is 0 Å². The first-order chi connectivity index (χ1) is 8.34. The Bertz CT molecular complexity index is 444. The number of fused-ring (bicyclic) bond motifs is 1. The molecule has 2 fully saturated rings. The fourth-order valence-electron chi connectivity index (χ4n) is 3.01. The van der Waals surface area contributed by atoms with Crippen molar-refractivity contribution in [2.45, 2.75) is 25.3 Å². The van der Waals surface area contributed by atoms with E-state index < -0.39 is 0 Å². The molecule has 3 rings (SSSR count). The van der Waals surface area contributed by atoms with Crippen LogP contribution in [0.4, 0.5) is 5.82 Å². The van der Waals surface area contributed by atoms with Crippen LogP contribution < -0.4 is 15.8 Å². The SMILES string of the molecule is O=c1[nH]ccnc1N1CCC2NCCCC2C1. The number of rotatable bonds is 1. The zero-order valence-electron chi connectivity index (χ0n) is 9.85. The van der Waals surface area contributed by atoms with Crippen LogP contribution in [0, 0.1) is 5.92 Å². The highest BCUT2D eigenvalue weighted by atomic mass is 16.1.